The predicted molar refractivity (Wildman–Crippen MR) is 167 cm³/mol. The van der Waals surface area contributed by atoms with Crippen LogP contribution in [0.25, 0.3) is 11.1 Å². The molecular weight excluding hydrogens is 440 g/mol. The van der Waals surface area contributed by atoms with E-state index in [1.54, 1.807) is 48.5 Å². The summed E-state index contributed by atoms with van der Waals surface area (Å²) in [6, 6.07) is 38.2. The summed E-state index contributed by atoms with van der Waals surface area (Å²) < 4.78 is 0. The van der Waals surface area contributed by atoms with Gasteiger partial charge in [0.15, 0.2) is 0 Å². The molecule has 0 unspecified atom stereocenters. The summed E-state index contributed by atoms with van der Waals surface area (Å²) in [5, 5.41) is 17.3. The van der Waals surface area contributed by atoms with Crippen LogP contribution in [0.4, 0.5) is 0 Å². The minimum absolute atomic E-state index is 0. The van der Waals surface area contributed by atoms with E-state index >= 15 is 0 Å². The van der Waals surface area contributed by atoms with Crippen LogP contribution in [-0.4, -0.2) is 10.2 Å². The molecule has 2 heteroatoms. The zero-order chi connectivity index (χ0) is 26.5. The molecule has 202 valence electrons. The maximum Gasteiger partial charge on any atom is 0.115 e. The minimum atomic E-state index is 0. The number of rotatable bonds is 1. The first-order chi connectivity index (χ1) is 16.8. The third-order valence-electron chi connectivity index (χ3n) is 3.39. The predicted octanol–water partition coefficient (Wildman–Crippen LogP) is 11.5. The van der Waals surface area contributed by atoms with E-state index in [0.29, 0.717) is 11.5 Å². The van der Waals surface area contributed by atoms with E-state index in [2.05, 4.69) is 48.5 Å². The van der Waals surface area contributed by atoms with Gasteiger partial charge < -0.3 is 10.2 Å². The van der Waals surface area contributed by atoms with Gasteiger partial charge in [-0.25, -0.2) is 0 Å². The molecule has 0 fully saturated rings. The summed E-state index contributed by atoms with van der Waals surface area (Å²) in [6.45, 7) is 16.0. The van der Waals surface area contributed by atoms with E-state index in [0.717, 1.165) is 0 Å². The van der Waals surface area contributed by atoms with Gasteiger partial charge in [-0.1, -0.05) is 167 Å². The number of aromatic hydroxyl groups is 2. The van der Waals surface area contributed by atoms with Gasteiger partial charge in [-0.3, -0.25) is 0 Å². The molecule has 0 saturated carbocycles. The fourth-order valence-electron chi connectivity index (χ4n) is 2.12. The molecule has 2 N–H and O–H groups in total. The first-order valence-corrected chi connectivity index (χ1v) is 12.3. The molecule has 0 heterocycles. The van der Waals surface area contributed by atoms with Gasteiger partial charge in [0.05, 0.1) is 0 Å². The molecule has 0 atom stereocenters. The number of benzene rings is 4. The van der Waals surface area contributed by atoms with E-state index in [-0.39, 0.29) is 14.9 Å². The first kappa shape index (κ1) is 42.6. The highest BCUT2D eigenvalue weighted by atomic mass is 16.3. The average Bonchev–Trinajstić information content (AvgIpc) is 2.96. The third kappa shape index (κ3) is 25.1. The van der Waals surface area contributed by atoms with Crippen LogP contribution in [0, 0.1) is 0 Å². The van der Waals surface area contributed by atoms with Crippen molar-refractivity contribution in [3.05, 3.63) is 121 Å². The van der Waals surface area contributed by atoms with Crippen molar-refractivity contribution in [3.8, 4) is 22.6 Å². The number of phenols is 2. The van der Waals surface area contributed by atoms with E-state index < -0.39 is 0 Å². The van der Waals surface area contributed by atoms with Gasteiger partial charge in [0, 0.05) is 0 Å². The van der Waals surface area contributed by atoms with Crippen LogP contribution < -0.4 is 0 Å². The van der Waals surface area contributed by atoms with Crippen molar-refractivity contribution >= 4 is 0 Å². The number of hydrogen-bond acceptors (Lipinski definition) is 2. The average molecular weight is 495 g/mol. The standard InChI is InChI=1S/C12H10.2C6H6O.4C2H6.2CH4/c1-3-7-11(8-4-1)12-9-5-2-6-10-12;2*7-6-4-2-1-3-5-6;4*1-2;;/h1-10H;2*1-5,7H;4*1-2H3;2*1H4. The summed E-state index contributed by atoms with van der Waals surface area (Å²) in [5.74, 6) is 0.644. The SMILES string of the molecule is C.C.CC.CC.CC.CC.Oc1ccccc1.Oc1ccccc1.c1ccc(-c2ccccc2)cc1. The summed E-state index contributed by atoms with van der Waals surface area (Å²) in [4.78, 5) is 0. The Morgan fingerprint density at radius 3 is 0.611 bits per heavy atom. The molecule has 4 aromatic carbocycles. The highest BCUT2D eigenvalue weighted by Crippen LogP contribution is 2.17. The van der Waals surface area contributed by atoms with E-state index in [1.165, 1.54) is 11.1 Å². The normalized spacial score (nSPS) is 7.22. The van der Waals surface area contributed by atoms with Crippen LogP contribution >= 0.6 is 0 Å². The van der Waals surface area contributed by atoms with Crippen molar-refractivity contribution < 1.29 is 10.2 Å². The first-order valence-electron chi connectivity index (χ1n) is 12.3. The van der Waals surface area contributed by atoms with Crippen LogP contribution in [-0.2, 0) is 0 Å². The molecule has 4 rings (SSSR count). The van der Waals surface area contributed by atoms with E-state index in [1.807, 2.05) is 79.7 Å². The van der Waals surface area contributed by atoms with E-state index in [4.69, 9.17) is 10.2 Å². The molecule has 0 spiro atoms. The second-order valence-electron chi connectivity index (χ2n) is 5.40. The Morgan fingerprint density at radius 1 is 0.306 bits per heavy atom. The van der Waals surface area contributed by atoms with Crippen molar-refractivity contribution in [2.45, 2.75) is 70.2 Å². The minimum Gasteiger partial charge on any atom is -0.508 e. The lowest BCUT2D eigenvalue weighted by atomic mass is 10.1. The van der Waals surface area contributed by atoms with Gasteiger partial charge in [-0.05, 0) is 35.4 Å². The Kier molecular flexibility index (Phi) is 42.7. The Labute approximate surface area is 224 Å². The molecule has 36 heavy (non-hydrogen) atoms. The molecular formula is C34H54O2. The smallest absolute Gasteiger partial charge is 0.115 e. The van der Waals surface area contributed by atoms with Crippen molar-refractivity contribution in [2.24, 2.45) is 0 Å². The van der Waals surface area contributed by atoms with Crippen molar-refractivity contribution in [3.63, 3.8) is 0 Å². The molecule has 0 aliphatic carbocycles. The Bertz CT molecular complexity index is 756. The van der Waals surface area contributed by atoms with Gasteiger partial charge >= 0.3 is 0 Å². The number of phenolic OH excluding ortho intramolecular Hbond substituents is 2. The Balaban J connectivity index is -0.000000118. The molecule has 2 nitrogen and oxygen atoms in total. The zero-order valence-electron chi connectivity index (χ0n) is 22.4. The maximum absolute atomic E-state index is 8.63. The van der Waals surface area contributed by atoms with Crippen LogP contribution in [0.2, 0.25) is 0 Å². The van der Waals surface area contributed by atoms with Crippen molar-refractivity contribution in [1.29, 1.82) is 0 Å². The summed E-state index contributed by atoms with van der Waals surface area (Å²) >= 11 is 0. The molecule has 0 aliphatic rings. The molecule has 0 bridgehead atoms. The summed E-state index contributed by atoms with van der Waals surface area (Å²) in [6.07, 6.45) is 0. The molecule has 0 amide bonds. The van der Waals surface area contributed by atoms with Gasteiger partial charge in [0.2, 0.25) is 0 Å². The highest BCUT2D eigenvalue weighted by Gasteiger charge is 1.91. The summed E-state index contributed by atoms with van der Waals surface area (Å²) in [7, 11) is 0. The van der Waals surface area contributed by atoms with Crippen LogP contribution in [0.3, 0.4) is 0 Å². The lowest BCUT2D eigenvalue weighted by Crippen LogP contribution is -1.73. The second-order valence-corrected chi connectivity index (χ2v) is 5.40. The quantitative estimate of drug-likeness (QED) is 0.276. The summed E-state index contributed by atoms with van der Waals surface area (Å²) in [5.41, 5.74) is 2.55. The van der Waals surface area contributed by atoms with Crippen molar-refractivity contribution in [1.82, 2.24) is 0 Å². The van der Waals surface area contributed by atoms with Gasteiger partial charge in [0.25, 0.3) is 0 Å². The monoisotopic (exact) mass is 494 g/mol. The van der Waals surface area contributed by atoms with Crippen LogP contribution in [0.15, 0.2) is 121 Å². The number of para-hydroxylation sites is 2. The third-order valence-corrected chi connectivity index (χ3v) is 3.39. The fraction of sp³-hybridized carbons (Fsp3) is 0.294. The highest BCUT2D eigenvalue weighted by molar-refractivity contribution is 5.62. The zero-order valence-corrected chi connectivity index (χ0v) is 22.4. The van der Waals surface area contributed by atoms with Gasteiger partial charge in [0.1, 0.15) is 11.5 Å². The molecule has 0 radical (unpaired) electrons. The molecule has 4 aromatic rings. The second kappa shape index (κ2) is 36.1. The topological polar surface area (TPSA) is 40.5 Å². The number of hydrogen-bond donors (Lipinski definition) is 2. The fourth-order valence-corrected chi connectivity index (χ4v) is 2.12. The molecule has 0 aromatic heterocycles. The lowest BCUT2D eigenvalue weighted by molar-refractivity contribution is 0.475. The lowest BCUT2D eigenvalue weighted by Gasteiger charge is -1.98. The molecule has 0 aliphatic heterocycles. The Hall–Kier alpha value is -3.52. The molecule has 0 saturated heterocycles. The van der Waals surface area contributed by atoms with Crippen LogP contribution in [0.1, 0.15) is 70.2 Å². The van der Waals surface area contributed by atoms with Crippen LogP contribution in [0.5, 0.6) is 11.5 Å². The largest absolute Gasteiger partial charge is 0.508 e. The van der Waals surface area contributed by atoms with E-state index in [9.17, 15) is 0 Å². The maximum atomic E-state index is 8.63. The van der Waals surface area contributed by atoms with Gasteiger partial charge in [-0.15, -0.1) is 0 Å². The van der Waals surface area contributed by atoms with Crippen molar-refractivity contribution in [2.75, 3.05) is 0 Å². The Morgan fingerprint density at radius 2 is 0.472 bits per heavy atom. The van der Waals surface area contributed by atoms with Gasteiger partial charge in [-0.2, -0.15) is 0 Å².